The molecule has 0 saturated carbocycles. The van der Waals surface area contributed by atoms with Crippen molar-refractivity contribution in [1.29, 1.82) is 0 Å². The number of hydrogen-bond acceptors (Lipinski definition) is 4. The van der Waals surface area contributed by atoms with Gasteiger partial charge < -0.3 is 10.6 Å². The van der Waals surface area contributed by atoms with Crippen LogP contribution >= 0.6 is 23.1 Å². The van der Waals surface area contributed by atoms with Gasteiger partial charge >= 0.3 is 6.03 Å². The summed E-state index contributed by atoms with van der Waals surface area (Å²) < 4.78 is 0.217. The fourth-order valence-electron chi connectivity index (χ4n) is 1.95. The molecule has 1 atom stereocenters. The quantitative estimate of drug-likeness (QED) is 0.894. The van der Waals surface area contributed by atoms with Gasteiger partial charge in [0.15, 0.2) is 0 Å². The number of rotatable bonds is 4. The van der Waals surface area contributed by atoms with Crippen molar-refractivity contribution in [2.75, 3.05) is 12.3 Å². The van der Waals surface area contributed by atoms with E-state index in [1.807, 2.05) is 24.9 Å². The third kappa shape index (κ3) is 3.88. The Morgan fingerprint density at radius 1 is 1.56 bits per heavy atom. The third-order valence-electron chi connectivity index (χ3n) is 2.99. The molecule has 6 heteroatoms. The van der Waals surface area contributed by atoms with Gasteiger partial charge in [0.1, 0.15) is 5.01 Å². The standard InChI is InChI=1S/C12H19N3OS2/c1-9-6-13-10(18-9)7-14-11(16)15-8-12(2)4-3-5-17-12/h6H,3-5,7-8H2,1-2H3,(H2,14,15,16)/t12-/m1/s1. The molecule has 1 aliphatic heterocycles. The lowest BCUT2D eigenvalue weighted by Gasteiger charge is -2.22. The summed E-state index contributed by atoms with van der Waals surface area (Å²) in [5.74, 6) is 1.21. The average Bonchev–Trinajstić information content (AvgIpc) is 2.94. The van der Waals surface area contributed by atoms with E-state index in [1.165, 1.54) is 23.5 Å². The SMILES string of the molecule is Cc1cnc(CNC(=O)NC[C@@]2(C)CCCS2)s1. The number of carbonyl (C=O) groups excluding carboxylic acids is 1. The van der Waals surface area contributed by atoms with Crippen LogP contribution < -0.4 is 10.6 Å². The van der Waals surface area contributed by atoms with Crippen LogP contribution in [-0.2, 0) is 6.54 Å². The molecule has 1 fully saturated rings. The smallest absolute Gasteiger partial charge is 0.315 e. The Morgan fingerprint density at radius 3 is 3.00 bits per heavy atom. The average molecular weight is 285 g/mol. The topological polar surface area (TPSA) is 54.0 Å². The molecule has 2 amide bonds. The number of aryl methyl sites for hydroxylation is 1. The largest absolute Gasteiger partial charge is 0.337 e. The van der Waals surface area contributed by atoms with Crippen LogP contribution in [0.3, 0.4) is 0 Å². The predicted molar refractivity (Wildman–Crippen MR) is 77.2 cm³/mol. The van der Waals surface area contributed by atoms with Crippen LogP contribution in [0.25, 0.3) is 0 Å². The lowest BCUT2D eigenvalue weighted by atomic mass is 10.1. The van der Waals surface area contributed by atoms with Gasteiger partial charge in [-0.2, -0.15) is 11.8 Å². The Labute approximate surface area is 116 Å². The second-order valence-corrected chi connectivity index (χ2v) is 7.80. The molecule has 1 aromatic rings. The summed E-state index contributed by atoms with van der Waals surface area (Å²) in [5, 5.41) is 6.74. The van der Waals surface area contributed by atoms with E-state index in [-0.39, 0.29) is 10.8 Å². The Balaban J connectivity index is 1.69. The summed E-state index contributed by atoms with van der Waals surface area (Å²) in [4.78, 5) is 17.0. The van der Waals surface area contributed by atoms with E-state index in [1.54, 1.807) is 11.3 Å². The van der Waals surface area contributed by atoms with E-state index in [0.717, 1.165) is 11.6 Å². The van der Waals surface area contributed by atoms with E-state index in [0.29, 0.717) is 6.54 Å². The number of amides is 2. The number of hydrogen-bond donors (Lipinski definition) is 2. The molecule has 2 heterocycles. The number of urea groups is 1. The highest BCUT2D eigenvalue weighted by molar-refractivity contribution is 8.00. The van der Waals surface area contributed by atoms with Crippen LogP contribution in [-0.4, -0.2) is 28.1 Å². The van der Waals surface area contributed by atoms with Crippen molar-refractivity contribution in [3.05, 3.63) is 16.1 Å². The molecule has 1 aliphatic rings. The van der Waals surface area contributed by atoms with E-state index in [4.69, 9.17) is 0 Å². The zero-order valence-corrected chi connectivity index (χ0v) is 12.4. The first-order valence-corrected chi connectivity index (χ1v) is 7.95. The molecule has 100 valence electrons. The highest BCUT2D eigenvalue weighted by Crippen LogP contribution is 2.36. The summed E-state index contributed by atoms with van der Waals surface area (Å²) in [6.07, 6.45) is 4.27. The first-order chi connectivity index (χ1) is 8.57. The summed E-state index contributed by atoms with van der Waals surface area (Å²) >= 11 is 3.57. The van der Waals surface area contributed by atoms with E-state index >= 15 is 0 Å². The molecule has 0 aromatic carbocycles. The summed E-state index contributed by atoms with van der Waals surface area (Å²) in [6.45, 7) is 5.48. The third-order valence-corrected chi connectivity index (χ3v) is 5.44. The zero-order chi connectivity index (χ0) is 13.0. The number of thiazole rings is 1. The minimum atomic E-state index is -0.100. The molecule has 4 nitrogen and oxygen atoms in total. The predicted octanol–water partition coefficient (Wildman–Crippen LogP) is 2.54. The highest BCUT2D eigenvalue weighted by atomic mass is 32.2. The van der Waals surface area contributed by atoms with Crippen LogP contribution in [0.2, 0.25) is 0 Å². The van der Waals surface area contributed by atoms with Gasteiger partial charge in [0.2, 0.25) is 0 Å². The molecule has 1 saturated heterocycles. The van der Waals surface area contributed by atoms with Crippen molar-refractivity contribution in [2.45, 2.75) is 38.0 Å². The van der Waals surface area contributed by atoms with E-state index in [2.05, 4.69) is 22.5 Å². The number of thioether (sulfide) groups is 1. The molecule has 1 aromatic heterocycles. The van der Waals surface area contributed by atoms with Crippen molar-refractivity contribution in [1.82, 2.24) is 15.6 Å². The number of nitrogens with zero attached hydrogens (tertiary/aromatic N) is 1. The second-order valence-electron chi connectivity index (χ2n) is 4.80. The number of nitrogens with one attached hydrogen (secondary N) is 2. The maximum absolute atomic E-state index is 11.7. The summed E-state index contributed by atoms with van der Waals surface area (Å²) in [7, 11) is 0. The molecular weight excluding hydrogens is 266 g/mol. The monoisotopic (exact) mass is 285 g/mol. The fourth-order valence-corrected chi connectivity index (χ4v) is 3.92. The maximum Gasteiger partial charge on any atom is 0.315 e. The van der Waals surface area contributed by atoms with Gasteiger partial charge in [-0.05, 0) is 32.4 Å². The van der Waals surface area contributed by atoms with Crippen LogP contribution in [0, 0.1) is 6.92 Å². The van der Waals surface area contributed by atoms with Gasteiger partial charge in [0.05, 0.1) is 6.54 Å². The molecular formula is C12H19N3OS2. The molecule has 18 heavy (non-hydrogen) atoms. The Bertz CT molecular complexity index is 413. The molecule has 0 unspecified atom stereocenters. The summed E-state index contributed by atoms with van der Waals surface area (Å²) in [6, 6.07) is -0.100. The minimum absolute atomic E-state index is 0.100. The van der Waals surface area contributed by atoms with Gasteiger partial charge in [0, 0.05) is 22.4 Å². The zero-order valence-electron chi connectivity index (χ0n) is 10.8. The fraction of sp³-hybridized carbons (Fsp3) is 0.667. The Hall–Kier alpha value is -0.750. The van der Waals surface area contributed by atoms with Crippen LogP contribution in [0.4, 0.5) is 4.79 Å². The molecule has 0 spiro atoms. The highest BCUT2D eigenvalue weighted by Gasteiger charge is 2.29. The molecule has 2 N–H and O–H groups in total. The van der Waals surface area contributed by atoms with Crippen molar-refractivity contribution in [3.63, 3.8) is 0 Å². The lowest BCUT2D eigenvalue weighted by Crippen LogP contribution is -2.42. The first kappa shape index (κ1) is 13.7. The molecule has 0 bridgehead atoms. The van der Waals surface area contributed by atoms with Crippen LogP contribution in [0.5, 0.6) is 0 Å². The van der Waals surface area contributed by atoms with Crippen molar-refractivity contribution in [3.8, 4) is 0 Å². The molecule has 0 radical (unpaired) electrons. The number of carbonyl (C=O) groups is 1. The molecule has 0 aliphatic carbocycles. The van der Waals surface area contributed by atoms with Gasteiger partial charge in [-0.3, -0.25) is 0 Å². The lowest BCUT2D eigenvalue weighted by molar-refractivity contribution is 0.239. The van der Waals surface area contributed by atoms with Gasteiger partial charge in [-0.1, -0.05) is 0 Å². The maximum atomic E-state index is 11.7. The minimum Gasteiger partial charge on any atom is -0.337 e. The van der Waals surface area contributed by atoms with E-state index < -0.39 is 0 Å². The van der Waals surface area contributed by atoms with Crippen molar-refractivity contribution >= 4 is 29.1 Å². The summed E-state index contributed by atoms with van der Waals surface area (Å²) in [5.41, 5.74) is 0. The molecule has 2 rings (SSSR count). The van der Waals surface area contributed by atoms with Crippen LogP contribution in [0.1, 0.15) is 29.7 Å². The van der Waals surface area contributed by atoms with Gasteiger partial charge in [-0.15, -0.1) is 11.3 Å². The Morgan fingerprint density at radius 2 is 2.39 bits per heavy atom. The second kappa shape index (κ2) is 5.93. The number of aromatic nitrogens is 1. The Kier molecular flexibility index (Phi) is 4.50. The van der Waals surface area contributed by atoms with Crippen molar-refractivity contribution in [2.24, 2.45) is 0 Å². The van der Waals surface area contributed by atoms with Gasteiger partial charge in [-0.25, -0.2) is 9.78 Å². The first-order valence-electron chi connectivity index (χ1n) is 6.14. The van der Waals surface area contributed by atoms with Crippen LogP contribution in [0.15, 0.2) is 6.20 Å². The normalized spacial score (nSPS) is 23.0. The van der Waals surface area contributed by atoms with E-state index in [9.17, 15) is 4.79 Å². The van der Waals surface area contributed by atoms with Crippen molar-refractivity contribution < 1.29 is 4.79 Å². The van der Waals surface area contributed by atoms with Gasteiger partial charge in [0.25, 0.3) is 0 Å².